The van der Waals surface area contributed by atoms with Crippen molar-refractivity contribution in [2.24, 2.45) is 0 Å². The summed E-state index contributed by atoms with van der Waals surface area (Å²) in [6, 6.07) is 3.52. The number of carbonyl (C=O) groups excluding carboxylic acids is 3. The third-order valence-electron chi connectivity index (χ3n) is 3.06. The number of ether oxygens (including phenoxy) is 1. The van der Waals surface area contributed by atoms with Crippen LogP contribution in [-0.2, 0) is 20.7 Å². The molecule has 2 amide bonds. The lowest BCUT2D eigenvalue weighted by Crippen LogP contribution is -2.36. The number of nitrogens with zero attached hydrogens (tertiary/aromatic N) is 2. The van der Waals surface area contributed by atoms with Crippen molar-refractivity contribution in [1.29, 1.82) is 0 Å². The molecular weight excluding hydrogens is 374 g/mol. The predicted octanol–water partition coefficient (Wildman–Crippen LogP) is 2.80. The standard InChI is InChI=1S/C17H21N3O4S2/c1-17(2,3)24-14(22)9-20(4)13(21)8-11-10-26-16(18-11)19-15(23)12-6-5-7-25-12/h5-7,10H,8-9H2,1-4H3,(H,18,19,23). The molecule has 0 fully saturated rings. The Hall–Kier alpha value is -2.26. The number of hydrogen-bond donors (Lipinski definition) is 1. The Morgan fingerprint density at radius 2 is 2.00 bits per heavy atom. The summed E-state index contributed by atoms with van der Waals surface area (Å²) >= 11 is 2.59. The van der Waals surface area contributed by atoms with Gasteiger partial charge in [0.1, 0.15) is 12.1 Å². The maximum Gasteiger partial charge on any atom is 0.326 e. The first-order chi connectivity index (χ1) is 12.1. The molecule has 2 aromatic heterocycles. The van der Waals surface area contributed by atoms with E-state index in [0.29, 0.717) is 15.7 Å². The third kappa shape index (κ3) is 6.23. The number of aromatic nitrogens is 1. The summed E-state index contributed by atoms with van der Waals surface area (Å²) in [5.74, 6) is -0.943. The highest BCUT2D eigenvalue weighted by Gasteiger charge is 2.20. The number of rotatable bonds is 6. The molecule has 26 heavy (non-hydrogen) atoms. The molecule has 0 spiro atoms. The van der Waals surface area contributed by atoms with Crippen LogP contribution in [0, 0.1) is 0 Å². The van der Waals surface area contributed by atoms with Crippen LogP contribution in [0.1, 0.15) is 36.1 Å². The molecule has 0 aliphatic carbocycles. The smallest absolute Gasteiger partial charge is 0.326 e. The van der Waals surface area contributed by atoms with Crippen LogP contribution in [0.15, 0.2) is 22.9 Å². The molecule has 0 aliphatic rings. The van der Waals surface area contributed by atoms with Gasteiger partial charge in [-0.1, -0.05) is 6.07 Å². The molecule has 1 N–H and O–H groups in total. The fraction of sp³-hybridized carbons (Fsp3) is 0.412. The Kier molecular flexibility index (Phi) is 6.49. The zero-order valence-electron chi connectivity index (χ0n) is 15.1. The summed E-state index contributed by atoms with van der Waals surface area (Å²) in [5, 5.41) is 6.67. The molecule has 0 bridgehead atoms. The van der Waals surface area contributed by atoms with Crippen LogP contribution in [-0.4, -0.2) is 46.9 Å². The molecule has 2 rings (SSSR count). The molecule has 0 unspecified atom stereocenters. The van der Waals surface area contributed by atoms with Crippen LogP contribution < -0.4 is 5.32 Å². The molecule has 9 heteroatoms. The second-order valence-electron chi connectivity index (χ2n) is 6.59. The van der Waals surface area contributed by atoms with E-state index in [2.05, 4.69) is 10.3 Å². The number of nitrogens with one attached hydrogen (secondary N) is 1. The monoisotopic (exact) mass is 395 g/mol. The van der Waals surface area contributed by atoms with E-state index in [-0.39, 0.29) is 24.8 Å². The number of hydrogen-bond acceptors (Lipinski definition) is 7. The van der Waals surface area contributed by atoms with E-state index in [1.165, 1.54) is 34.6 Å². The Morgan fingerprint density at radius 3 is 2.62 bits per heavy atom. The molecule has 140 valence electrons. The van der Waals surface area contributed by atoms with Gasteiger partial charge in [-0.2, -0.15) is 0 Å². The van der Waals surface area contributed by atoms with E-state index < -0.39 is 11.6 Å². The van der Waals surface area contributed by atoms with Crippen LogP contribution in [0.4, 0.5) is 5.13 Å². The number of anilines is 1. The number of esters is 1. The van der Waals surface area contributed by atoms with Gasteiger partial charge >= 0.3 is 5.97 Å². The van der Waals surface area contributed by atoms with Crippen LogP contribution in [0.2, 0.25) is 0 Å². The molecule has 0 saturated heterocycles. The van der Waals surface area contributed by atoms with Gasteiger partial charge in [0.25, 0.3) is 5.91 Å². The average molecular weight is 396 g/mol. The minimum Gasteiger partial charge on any atom is -0.459 e. The van der Waals surface area contributed by atoms with Gasteiger partial charge in [-0.25, -0.2) is 4.98 Å². The topological polar surface area (TPSA) is 88.6 Å². The second kappa shape index (κ2) is 8.41. The van der Waals surface area contributed by atoms with E-state index in [9.17, 15) is 14.4 Å². The maximum absolute atomic E-state index is 12.2. The molecule has 7 nitrogen and oxygen atoms in total. The van der Waals surface area contributed by atoms with Crippen LogP contribution >= 0.6 is 22.7 Å². The van der Waals surface area contributed by atoms with Crippen molar-refractivity contribution in [2.75, 3.05) is 18.9 Å². The third-order valence-corrected chi connectivity index (χ3v) is 4.74. The lowest BCUT2D eigenvalue weighted by Gasteiger charge is -2.22. The van der Waals surface area contributed by atoms with Crippen LogP contribution in [0.3, 0.4) is 0 Å². The minimum absolute atomic E-state index is 0.0463. The van der Waals surface area contributed by atoms with Crippen molar-refractivity contribution in [3.05, 3.63) is 33.5 Å². The molecule has 0 aromatic carbocycles. The summed E-state index contributed by atoms with van der Waals surface area (Å²) in [5.41, 5.74) is -0.0523. The van der Waals surface area contributed by atoms with Gasteiger partial charge < -0.3 is 9.64 Å². The normalized spacial score (nSPS) is 11.1. The summed E-state index contributed by atoms with van der Waals surface area (Å²) in [4.78, 5) is 42.2. The first-order valence-electron chi connectivity index (χ1n) is 7.89. The number of amides is 2. The number of thiazole rings is 1. The predicted molar refractivity (Wildman–Crippen MR) is 102 cm³/mol. The molecular formula is C17H21N3O4S2. The molecule has 0 atom stereocenters. The van der Waals surface area contributed by atoms with Gasteiger partial charge in [-0.05, 0) is 32.2 Å². The van der Waals surface area contributed by atoms with Crippen molar-refractivity contribution < 1.29 is 19.1 Å². The van der Waals surface area contributed by atoms with E-state index in [0.717, 1.165) is 0 Å². The highest BCUT2D eigenvalue weighted by atomic mass is 32.1. The lowest BCUT2D eigenvalue weighted by atomic mass is 10.2. The minimum atomic E-state index is -0.592. The van der Waals surface area contributed by atoms with Gasteiger partial charge in [0.05, 0.1) is 17.0 Å². The van der Waals surface area contributed by atoms with Crippen molar-refractivity contribution >= 4 is 45.6 Å². The number of carbonyl (C=O) groups is 3. The van der Waals surface area contributed by atoms with Crippen LogP contribution in [0.25, 0.3) is 0 Å². The maximum atomic E-state index is 12.2. The first-order valence-corrected chi connectivity index (χ1v) is 9.65. The number of likely N-dealkylation sites (N-methyl/N-ethyl adjacent to an activating group) is 1. The first kappa shape index (κ1) is 20.1. The molecule has 0 aliphatic heterocycles. The summed E-state index contributed by atoms with van der Waals surface area (Å²) in [6.45, 7) is 5.19. The lowest BCUT2D eigenvalue weighted by molar-refractivity contribution is -0.158. The van der Waals surface area contributed by atoms with E-state index in [4.69, 9.17) is 4.74 Å². The highest BCUT2D eigenvalue weighted by Crippen LogP contribution is 2.18. The Morgan fingerprint density at radius 1 is 1.27 bits per heavy atom. The molecule has 0 saturated carbocycles. The van der Waals surface area contributed by atoms with Crippen molar-refractivity contribution in [1.82, 2.24) is 9.88 Å². The van der Waals surface area contributed by atoms with Gasteiger partial charge in [0.15, 0.2) is 5.13 Å². The SMILES string of the molecule is CN(CC(=O)OC(C)(C)C)C(=O)Cc1csc(NC(=O)c2cccs2)n1. The Bertz CT molecular complexity index is 778. The largest absolute Gasteiger partial charge is 0.459 e. The quantitative estimate of drug-likeness (QED) is 0.760. The Labute approximate surface area is 160 Å². The highest BCUT2D eigenvalue weighted by molar-refractivity contribution is 7.14. The average Bonchev–Trinajstić information content (AvgIpc) is 3.16. The molecule has 2 heterocycles. The van der Waals surface area contributed by atoms with Gasteiger partial charge in [0.2, 0.25) is 5.91 Å². The zero-order chi connectivity index (χ0) is 19.3. The number of thiophene rings is 1. The Balaban J connectivity index is 1.86. The second-order valence-corrected chi connectivity index (χ2v) is 8.39. The van der Waals surface area contributed by atoms with Crippen LogP contribution in [0.5, 0.6) is 0 Å². The summed E-state index contributed by atoms with van der Waals surface area (Å²) in [6.07, 6.45) is 0.0463. The fourth-order valence-electron chi connectivity index (χ4n) is 1.96. The summed E-state index contributed by atoms with van der Waals surface area (Å²) in [7, 11) is 1.54. The van der Waals surface area contributed by atoms with E-state index >= 15 is 0 Å². The molecule has 0 radical (unpaired) electrons. The van der Waals surface area contributed by atoms with E-state index in [1.807, 2.05) is 5.38 Å². The fourth-order valence-corrected chi connectivity index (χ4v) is 3.28. The van der Waals surface area contributed by atoms with Crippen molar-refractivity contribution in [3.63, 3.8) is 0 Å². The summed E-state index contributed by atoms with van der Waals surface area (Å²) < 4.78 is 5.20. The van der Waals surface area contributed by atoms with Gasteiger partial charge in [-0.3, -0.25) is 19.7 Å². The molecule has 2 aromatic rings. The van der Waals surface area contributed by atoms with E-state index in [1.54, 1.807) is 38.3 Å². The van der Waals surface area contributed by atoms with Gasteiger partial charge in [0, 0.05) is 12.4 Å². The zero-order valence-corrected chi connectivity index (χ0v) is 16.7. The van der Waals surface area contributed by atoms with Gasteiger partial charge in [-0.15, -0.1) is 22.7 Å². The van der Waals surface area contributed by atoms with Crippen molar-refractivity contribution in [3.8, 4) is 0 Å². The van der Waals surface area contributed by atoms with Crippen molar-refractivity contribution in [2.45, 2.75) is 32.8 Å².